The summed E-state index contributed by atoms with van der Waals surface area (Å²) in [5.74, 6) is -0.0598. The number of nitrogens with zero attached hydrogens (tertiary/aromatic N) is 1. The monoisotopic (exact) mass is 507 g/mol. The minimum atomic E-state index is -1.02. The molecule has 1 heterocycles. The van der Waals surface area contributed by atoms with Gasteiger partial charge < -0.3 is 19.7 Å². The van der Waals surface area contributed by atoms with Crippen molar-refractivity contribution in [2.75, 3.05) is 6.61 Å². The number of hydrogen-bond acceptors (Lipinski definition) is 6. The number of pyridine rings is 1. The van der Waals surface area contributed by atoms with Gasteiger partial charge in [0.2, 0.25) is 0 Å². The highest BCUT2D eigenvalue weighted by Crippen LogP contribution is 2.36. The molecule has 0 fully saturated rings. The third-order valence-electron chi connectivity index (χ3n) is 5.80. The Labute approximate surface area is 217 Å². The largest absolute Gasteiger partial charge is 0.489 e. The zero-order valence-electron chi connectivity index (χ0n) is 21.4. The predicted octanol–water partition coefficient (Wildman–Crippen LogP) is 5.67. The highest BCUT2D eigenvalue weighted by Gasteiger charge is 2.17. The maximum absolute atomic E-state index is 13.7. The standard InChI is InChI=1S/C30H34FNO5/c1-4-36-30(35)15-25(34)14-24(33)11-12-27-28(20(2)3)16-26(37-19-21-6-5-13-32-18-21)17-29(27)22-7-9-23(31)10-8-22/h5-13,16-18,20,24-25,33-34H,4,14-15,19H2,1-3H3/b12-11+. The molecule has 1 aromatic heterocycles. The second-order valence-electron chi connectivity index (χ2n) is 9.11. The van der Waals surface area contributed by atoms with Crippen molar-refractivity contribution in [1.29, 1.82) is 0 Å². The smallest absolute Gasteiger partial charge is 0.308 e. The summed E-state index contributed by atoms with van der Waals surface area (Å²) in [4.78, 5) is 15.7. The molecule has 0 saturated carbocycles. The van der Waals surface area contributed by atoms with Gasteiger partial charge in [0.05, 0.1) is 25.2 Å². The fraction of sp³-hybridized carbons (Fsp3) is 0.333. The van der Waals surface area contributed by atoms with Crippen LogP contribution in [0.15, 0.2) is 67.0 Å². The maximum atomic E-state index is 13.7. The number of ether oxygens (including phenoxy) is 2. The number of carbonyl (C=O) groups is 1. The molecule has 3 aromatic rings. The molecule has 0 bridgehead atoms. The lowest BCUT2D eigenvalue weighted by Gasteiger charge is -2.19. The van der Waals surface area contributed by atoms with Crippen LogP contribution in [0.5, 0.6) is 5.75 Å². The maximum Gasteiger partial charge on any atom is 0.308 e. The van der Waals surface area contributed by atoms with Crippen LogP contribution in [0, 0.1) is 5.82 Å². The normalized spacial score (nSPS) is 13.1. The Bertz CT molecular complexity index is 1180. The molecular formula is C30H34FNO5. The molecule has 6 nitrogen and oxygen atoms in total. The molecule has 0 amide bonds. The summed E-state index contributed by atoms with van der Waals surface area (Å²) in [6.07, 6.45) is 4.66. The molecule has 0 aliphatic heterocycles. The van der Waals surface area contributed by atoms with Gasteiger partial charge in [-0.15, -0.1) is 0 Å². The van der Waals surface area contributed by atoms with Crippen LogP contribution >= 0.6 is 0 Å². The SMILES string of the molecule is CCOC(=O)CC(O)CC(O)/C=C/c1c(-c2ccc(F)cc2)cc(OCc2cccnc2)cc1C(C)C. The number of aliphatic hydroxyl groups excluding tert-OH is 2. The third kappa shape index (κ3) is 8.51. The van der Waals surface area contributed by atoms with Crippen molar-refractivity contribution in [2.24, 2.45) is 0 Å². The van der Waals surface area contributed by atoms with E-state index in [0.717, 1.165) is 27.8 Å². The molecule has 0 saturated heterocycles. The second-order valence-corrected chi connectivity index (χ2v) is 9.11. The molecule has 2 atom stereocenters. The fourth-order valence-electron chi connectivity index (χ4n) is 3.97. The summed E-state index contributed by atoms with van der Waals surface area (Å²) in [7, 11) is 0. The summed E-state index contributed by atoms with van der Waals surface area (Å²) >= 11 is 0. The molecule has 7 heteroatoms. The minimum Gasteiger partial charge on any atom is -0.489 e. The van der Waals surface area contributed by atoms with Crippen molar-refractivity contribution in [3.05, 3.63) is 89.5 Å². The van der Waals surface area contributed by atoms with Crippen LogP contribution in [0.2, 0.25) is 0 Å². The van der Waals surface area contributed by atoms with Gasteiger partial charge in [-0.3, -0.25) is 9.78 Å². The summed E-state index contributed by atoms with van der Waals surface area (Å²) < 4.78 is 24.6. The van der Waals surface area contributed by atoms with Gasteiger partial charge in [0.15, 0.2) is 0 Å². The Kier molecular flexibility index (Phi) is 10.4. The average molecular weight is 508 g/mol. The molecule has 2 unspecified atom stereocenters. The van der Waals surface area contributed by atoms with Gasteiger partial charge in [0.25, 0.3) is 0 Å². The van der Waals surface area contributed by atoms with Crippen LogP contribution < -0.4 is 4.74 Å². The predicted molar refractivity (Wildman–Crippen MR) is 141 cm³/mol. The zero-order valence-corrected chi connectivity index (χ0v) is 21.4. The number of hydrogen-bond donors (Lipinski definition) is 2. The van der Waals surface area contributed by atoms with E-state index in [9.17, 15) is 19.4 Å². The second kappa shape index (κ2) is 13.7. The summed E-state index contributed by atoms with van der Waals surface area (Å²) in [5, 5.41) is 20.7. The molecular weight excluding hydrogens is 473 g/mol. The Balaban J connectivity index is 1.92. The molecule has 0 spiro atoms. The van der Waals surface area contributed by atoms with E-state index < -0.39 is 18.2 Å². The van der Waals surface area contributed by atoms with Crippen molar-refractivity contribution in [1.82, 2.24) is 4.98 Å². The van der Waals surface area contributed by atoms with Gasteiger partial charge in [-0.1, -0.05) is 44.2 Å². The van der Waals surface area contributed by atoms with Crippen LogP contribution in [0.4, 0.5) is 4.39 Å². The lowest BCUT2D eigenvalue weighted by atomic mass is 9.89. The lowest BCUT2D eigenvalue weighted by molar-refractivity contribution is -0.145. The Morgan fingerprint density at radius 1 is 1.14 bits per heavy atom. The van der Waals surface area contributed by atoms with Crippen LogP contribution in [0.1, 0.15) is 56.2 Å². The number of aromatic nitrogens is 1. The summed E-state index contributed by atoms with van der Waals surface area (Å²) in [6.45, 7) is 6.40. The molecule has 37 heavy (non-hydrogen) atoms. The van der Waals surface area contributed by atoms with E-state index in [0.29, 0.717) is 12.4 Å². The van der Waals surface area contributed by atoms with Crippen LogP contribution in [-0.2, 0) is 16.1 Å². The minimum absolute atomic E-state index is 0.00941. The van der Waals surface area contributed by atoms with E-state index in [2.05, 4.69) is 18.8 Å². The van der Waals surface area contributed by atoms with Crippen molar-refractivity contribution >= 4 is 12.0 Å². The van der Waals surface area contributed by atoms with Gasteiger partial charge >= 0.3 is 5.97 Å². The highest BCUT2D eigenvalue weighted by atomic mass is 19.1. The third-order valence-corrected chi connectivity index (χ3v) is 5.80. The number of halogens is 1. The summed E-state index contributed by atoms with van der Waals surface area (Å²) in [5.41, 5.74) is 4.40. The van der Waals surface area contributed by atoms with Crippen molar-refractivity contribution < 1.29 is 28.9 Å². The van der Waals surface area contributed by atoms with Gasteiger partial charge in [-0.2, -0.15) is 0 Å². The molecule has 0 radical (unpaired) electrons. The van der Waals surface area contributed by atoms with Crippen LogP contribution in [0.25, 0.3) is 17.2 Å². The van der Waals surface area contributed by atoms with E-state index in [1.54, 1.807) is 43.6 Å². The van der Waals surface area contributed by atoms with Crippen LogP contribution in [0.3, 0.4) is 0 Å². The Morgan fingerprint density at radius 3 is 2.54 bits per heavy atom. The van der Waals surface area contributed by atoms with E-state index >= 15 is 0 Å². The Morgan fingerprint density at radius 2 is 1.89 bits per heavy atom. The first kappa shape index (κ1) is 28.0. The molecule has 196 valence electrons. The molecule has 2 aromatic carbocycles. The average Bonchev–Trinajstić information content (AvgIpc) is 2.87. The molecule has 2 N–H and O–H groups in total. The number of rotatable bonds is 12. The van der Waals surface area contributed by atoms with Crippen molar-refractivity contribution in [2.45, 2.75) is 58.3 Å². The van der Waals surface area contributed by atoms with Crippen molar-refractivity contribution in [3.63, 3.8) is 0 Å². The quantitative estimate of drug-likeness (QED) is 0.307. The molecule has 0 aliphatic carbocycles. The first-order valence-corrected chi connectivity index (χ1v) is 12.4. The van der Waals surface area contributed by atoms with E-state index in [4.69, 9.17) is 9.47 Å². The number of aliphatic hydroxyl groups is 2. The molecule has 0 aliphatic rings. The van der Waals surface area contributed by atoms with E-state index in [1.807, 2.05) is 24.3 Å². The van der Waals surface area contributed by atoms with Crippen molar-refractivity contribution in [3.8, 4) is 16.9 Å². The lowest BCUT2D eigenvalue weighted by Crippen LogP contribution is -2.20. The van der Waals surface area contributed by atoms with Gasteiger partial charge in [-0.05, 0) is 65.4 Å². The Hall–Kier alpha value is -3.55. The number of benzene rings is 2. The van der Waals surface area contributed by atoms with Gasteiger partial charge in [0.1, 0.15) is 18.2 Å². The summed E-state index contributed by atoms with van der Waals surface area (Å²) in [6, 6.07) is 13.9. The number of esters is 1. The molecule has 3 rings (SSSR count). The van der Waals surface area contributed by atoms with E-state index in [-0.39, 0.29) is 31.2 Å². The van der Waals surface area contributed by atoms with E-state index in [1.165, 1.54) is 12.1 Å². The zero-order chi connectivity index (χ0) is 26.8. The van der Waals surface area contributed by atoms with Gasteiger partial charge in [0, 0.05) is 24.4 Å². The topological polar surface area (TPSA) is 88.9 Å². The number of carbonyl (C=O) groups excluding carboxylic acids is 1. The first-order valence-electron chi connectivity index (χ1n) is 12.4. The highest BCUT2D eigenvalue weighted by molar-refractivity contribution is 5.79. The van der Waals surface area contributed by atoms with Crippen LogP contribution in [-0.4, -0.2) is 40.0 Å². The first-order chi connectivity index (χ1) is 17.8. The fourth-order valence-corrected chi connectivity index (χ4v) is 3.97. The van der Waals surface area contributed by atoms with Gasteiger partial charge in [-0.25, -0.2) is 4.39 Å².